The highest BCUT2D eigenvalue weighted by atomic mass is 32.2. The molecule has 1 saturated heterocycles. The molecular formula is C16H25NO2S. The Balaban J connectivity index is 1.71. The van der Waals surface area contributed by atoms with Gasteiger partial charge in [-0.3, -0.25) is 4.90 Å². The van der Waals surface area contributed by atoms with Gasteiger partial charge in [-0.05, 0) is 42.8 Å². The average Bonchev–Trinajstić information content (AvgIpc) is 2.74. The lowest BCUT2D eigenvalue weighted by Crippen LogP contribution is -2.36. The zero-order chi connectivity index (χ0) is 14.2. The maximum atomic E-state index is 10.1. The third-order valence-electron chi connectivity index (χ3n) is 3.56. The molecule has 20 heavy (non-hydrogen) atoms. The molecule has 1 N–H and O–H groups in total. The fraction of sp³-hybridized carbons (Fsp3) is 0.625. The van der Waals surface area contributed by atoms with Crippen LogP contribution in [0.5, 0.6) is 5.75 Å². The molecule has 0 aromatic heterocycles. The molecule has 0 spiro atoms. The molecule has 1 heterocycles. The predicted octanol–water partition coefficient (Wildman–Crippen LogP) is 2.43. The molecule has 1 aliphatic rings. The zero-order valence-corrected chi connectivity index (χ0v) is 13.1. The van der Waals surface area contributed by atoms with Gasteiger partial charge in [0.25, 0.3) is 0 Å². The third kappa shape index (κ3) is 5.35. The molecule has 0 bridgehead atoms. The molecule has 1 atom stereocenters. The van der Waals surface area contributed by atoms with E-state index in [2.05, 4.69) is 24.0 Å². The second kappa shape index (κ2) is 8.55. The van der Waals surface area contributed by atoms with Crippen LogP contribution in [0.3, 0.4) is 0 Å². The number of hydrogen-bond donors (Lipinski definition) is 1. The quantitative estimate of drug-likeness (QED) is 0.874. The number of β-amino-alcohol motifs (C(OH)–C–C–N with tert-alkyl or cyclic N) is 1. The Bertz CT molecular complexity index is 375. The largest absolute Gasteiger partial charge is 0.491 e. The van der Waals surface area contributed by atoms with Crippen molar-refractivity contribution in [1.82, 2.24) is 4.90 Å². The lowest BCUT2D eigenvalue weighted by Gasteiger charge is -2.23. The standard InChI is InChI=1S/C16H25NO2S/c1-2-14-4-6-16(7-5-14)19-13-15(18)12-17-8-3-10-20-11-9-17/h4-7,15,18H,2-3,8-13H2,1H3. The summed E-state index contributed by atoms with van der Waals surface area (Å²) in [4.78, 5) is 2.34. The topological polar surface area (TPSA) is 32.7 Å². The molecule has 112 valence electrons. The van der Waals surface area contributed by atoms with Crippen molar-refractivity contribution in [3.8, 4) is 5.75 Å². The van der Waals surface area contributed by atoms with E-state index < -0.39 is 6.10 Å². The summed E-state index contributed by atoms with van der Waals surface area (Å²) in [6, 6.07) is 8.11. The van der Waals surface area contributed by atoms with Crippen molar-refractivity contribution in [3.05, 3.63) is 29.8 Å². The summed E-state index contributed by atoms with van der Waals surface area (Å²) in [6.45, 7) is 5.39. The van der Waals surface area contributed by atoms with Gasteiger partial charge in [-0.2, -0.15) is 11.8 Å². The average molecular weight is 295 g/mol. The van der Waals surface area contributed by atoms with Gasteiger partial charge < -0.3 is 9.84 Å². The van der Waals surface area contributed by atoms with E-state index in [0.717, 1.165) is 25.3 Å². The van der Waals surface area contributed by atoms with E-state index in [1.807, 2.05) is 23.9 Å². The molecule has 3 nitrogen and oxygen atoms in total. The Labute approximate surface area is 126 Å². The number of aryl methyl sites for hydroxylation is 1. The monoisotopic (exact) mass is 295 g/mol. The SMILES string of the molecule is CCc1ccc(OCC(O)CN2CCCSCC2)cc1. The molecule has 1 fully saturated rings. The Morgan fingerprint density at radius 2 is 2.05 bits per heavy atom. The number of nitrogens with zero attached hydrogens (tertiary/aromatic N) is 1. The van der Waals surface area contributed by atoms with Crippen molar-refractivity contribution in [3.63, 3.8) is 0 Å². The summed E-state index contributed by atoms with van der Waals surface area (Å²) in [5, 5.41) is 10.1. The first-order valence-corrected chi connectivity index (χ1v) is 8.63. The van der Waals surface area contributed by atoms with E-state index in [0.29, 0.717) is 13.2 Å². The smallest absolute Gasteiger partial charge is 0.119 e. The second-order valence-corrected chi connectivity index (χ2v) is 6.45. The van der Waals surface area contributed by atoms with E-state index in [1.54, 1.807) is 0 Å². The molecule has 1 aliphatic heterocycles. The van der Waals surface area contributed by atoms with Crippen molar-refractivity contribution < 1.29 is 9.84 Å². The maximum absolute atomic E-state index is 10.1. The molecular weight excluding hydrogens is 270 g/mol. The van der Waals surface area contributed by atoms with Crippen LogP contribution in [-0.2, 0) is 6.42 Å². The molecule has 4 heteroatoms. The number of aliphatic hydroxyl groups excluding tert-OH is 1. The minimum absolute atomic E-state index is 0.370. The van der Waals surface area contributed by atoms with Gasteiger partial charge >= 0.3 is 0 Å². The third-order valence-corrected chi connectivity index (χ3v) is 4.61. The van der Waals surface area contributed by atoms with Gasteiger partial charge in [0.15, 0.2) is 0 Å². The van der Waals surface area contributed by atoms with Gasteiger partial charge in [-0.25, -0.2) is 0 Å². The first-order chi connectivity index (χ1) is 9.78. The van der Waals surface area contributed by atoms with Gasteiger partial charge in [-0.1, -0.05) is 19.1 Å². The molecule has 2 rings (SSSR count). The summed E-state index contributed by atoms with van der Waals surface area (Å²) < 4.78 is 5.66. The highest BCUT2D eigenvalue weighted by molar-refractivity contribution is 7.99. The van der Waals surface area contributed by atoms with E-state index in [1.165, 1.54) is 23.5 Å². The van der Waals surface area contributed by atoms with Crippen LogP contribution in [0.1, 0.15) is 18.9 Å². The van der Waals surface area contributed by atoms with Crippen LogP contribution in [0.2, 0.25) is 0 Å². The van der Waals surface area contributed by atoms with Gasteiger partial charge in [0.2, 0.25) is 0 Å². The van der Waals surface area contributed by atoms with Crippen LogP contribution >= 0.6 is 11.8 Å². The second-order valence-electron chi connectivity index (χ2n) is 5.23. The number of ether oxygens (including phenoxy) is 1. The summed E-state index contributed by atoms with van der Waals surface area (Å²) in [5.41, 5.74) is 1.31. The Hall–Kier alpha value is -0.710. The molecule has 1 unspecified atom stereocenters. The minimum atomic E-state index is -0.413. The van der Waals surface area contributed by atoms with Crippen LogP contribution in [0.4, 0.5) is 0 Å². The van der Waals surface area contributed by atoms with Gasteiger partial charge in [0.05, 0.1) is 0 Å². The van der Waals surface area contributed by atoms with Crippen LogP contribution < -0.4 is 4.74 Å². The van der Waals surface area contributed by atoms with Crippen molar-refractivity contribution in [2.24, 2.45) is 0 Å². The van der Waals surface area contributed by atoms with E-state index in [4.69, 9.17) is 4.74 Å². The van der Waals surface area contributed by atoms with Crippen LogP contribution in [-0.4, -0.2) is 53.9 Å². The molecule has 1 aromatic carbocycles. The Morgan fingerprint density at radius 1 is 1.25 bits per heavy atom. The lowest BCUT2D eigenvalue weighted by molar-refractivity contribution is 0.0708. The summed E-state index contributed by atoms with van der Waals surface area (Å²) >= 11 is 2.01. The molecule has 1 aromatic rings. The highest BCUT2D eigenvalue weighted by Crippen LogP contribution is 2.14. The number of aliphatic hydroxyl groups is 1. The minimum Gasteiger partial charge on any atom is -0.491 e. The predicted molar refractivity (Wildman–Crippen MR) is 85.7 cm³/mol. The Morgan fingerprint density at radius 3 is 2.80 bits per heavy atom. The lowest BCUT2D eigenvalue weighted by atomic mass is 10.2. The molecule has 0 saturated carbocycles. The number of rotatable bonds is 6. The number of thioether (sulfide) groups is 1. The summed E-state index contributed by atoms with van der Waals surface area (Å²) in [5.74, 6) is 3.26. The zero-order valence-electron chi connectivity index (χ0n) is 12.3. The molecule has 0 aliphatic carbocycles. The van der Waals surface area contributed by atoms with E-state index >= 15 is 0 Å². The fourth-order valence-corrected chi connectivity index (χ4v) is 3.27. The van der Waals surface area contributed by atoms with Gasteiger partial charge in [-0.15, -0.1) is 0 Å². The highest BCUT2D eigenvalue weighted by Gasteiger charge is 2.14. The molecule has 0 amide bonds. The summed E-state index contributed by atoms with van der Waals surface area (Å²) in [7, 11) is 0. The van der Waals surface area contributed by atoms with Crippen LogP contribution in [0, 0.1) is 0 Å². The van der Waals surface area contributed by atoms with Crippen LogP contribution in [0.25, 0.3) is 0 Å². The Kier molecular flexibility index (Phi) is 6.70. The first-order valence-electron chi connectivity index (χ1n) is 7.48. The van der Waals surface area contributed by atoms with Crippen LogP contribution in [0.15, 0.2) is 24.3 Å². The van der Waals surface area contributed by atoms with E-state index in [-0.39, 0.29) is 0 Å². The van der Waals surface area contributed by atoms with Crippen molar-refractivity contribution in [1.29, 1.82) is 0 Å². The number of benzene rings is 1. The maximum Gasteiger partial charge on any atom is 0.119 e. The fourth-order valence-electron chi connectivity index (χ4n) is 2.34. The van der Waals surface area contributed by atoms with Gasteiger partial charge in [0.1, 0.15) is 18.5 Å². The van der Waals surface area contributed by atoms with Crippen molar-refractivity contribution in [2.75, 3.05) is 37.7 Å². The summed E-state index contributed by atoms with van der Waals surface area (Å²) in [6.07, 6.45) is 1.84. The normalized spacial score (nSPS) is 18.5. The van der Waals surface area contributed by atoms with Gasteiger partial charge in [0, 0.05) is 18.8 Å². The van der Waals surface area contributed by atoms with Crippen molar-refractivity contribution in [2.45, 2.75) is 25.9 Å². The first kappa shape index (κ1) is 15.7. The molecule has 0 radical (unpaired) electrons. The van der Waals surface area contributed by atoms with E-state index in [9.17, 15) is 5.11 Å². The van der Waals surface area contributed by atoms with Crippen molar-refractivity contribution >= 4 is 11.8 Å². The number of hydrogen-bond acceptors (Lipinski definition) is 4.